The molecule has 1 N–H and O–H groups in total. The smallest absolute Gasteiger partial charge is 0.133 e. The zero-order chi connectivity index (χ0) is 5.54. The zero-order valence-electron chi connectivity index (χ0n) is 3.89. The van der Waals surface area contributed by atoms with E-state index in [0.717, 1.165) is 0 Å². The van der Waals surface area contributed by atoms with Gasteiger partial charge < -0.3 is 14.9 Å². The fraction of sp³-hybridized carbons (Fsp3) is 0.500. The molecule has 0 aromatic carbocycles. The Morgan fingerprint density at radius 1 is 1.14 bits per heavy atom. The van der Waals surface area contributed by atoms with Crippen molar-refractivity contribution in [1.29, 1.82) is 0 Å². The maximum atomic E-state index is 9.50. The average Bonchev–Trinajstić information content (AvgIpc) is 1.69. The van der Waals surface area contributed by atoms with E-state index in [2.05, 4.69) is 5.32 Å². The monoisotopic (exact) mass is 101 g/mol. The Kier molecular flexibility index (Phi) is 4.77. The van der Waals surface area contributed by atoms with E-state index in [9.17, 15) is 9.59 Å². The van der Waals surface area contributed by atoms with Crippen molar-refractivity contribution in [2.24, 2.45) is 0 Å². The van der Waals surface area contributed by atoms with Crippen LogP contribution in [-0.2, 0) is 9.59 Å². The van der Waals surface area contributed by atoms with E-state index in [0.29, 0.717) is 12.6 Å². The molecule has 0 fully saturated rings. The Labute approximate surface area is 41.7 Å². The quantitative estimate of drug-likeness (QED) is 0.364. The van der Waals surface area contributed by atoms with Crippen LogP contribution < -0.4 is 5.32 Å². The summed E-state index contributed by atoms with van der Waals surface area (Å²) < 4.78 is 0. The molecule has 0 saturated carbocycles. The van der Waals surface area contributed by atoms with Crippen molar-refractivity contribution in [1.82, 2.24) is 5.32 Å². The van der Waals surface area contributed by atoms with Crippen LogP contribution in [0.1, 0.15) is 0 Å². The summed E-state index contributed by atoms with van der Waals surface area (Å²) in [5, 5.41) is 2.55. The summed E-state index contributed by atoms with van der Waals surface area (Å²) in [7, 11) is 0. The van der Waals surface area contributed by atoms with Crippen molar-refractivity contribution in [3.05, 3.63) is 0 Å². The zero-order valence-corrected chi connectivity index (χ0v) is 3.89. The minimum Gasteiger partial charge on any atom is -0.304 e. The molecule has 7 heavy (non-hydrogen) atoms. The summed E-state index contributed by atoms with van der Waals surface area (Å²) in [5.74, 6) is 0. The van der Waals surface area contributed by atoms with Gasteiger partial charge in [0.25, 0.3) is 0 Å². The Balaban J connectivity index is 2.68. The van der Waals surface area contributed by atoms with Gasteiger partial charge in [-0.2, -0.15) is 0 Å². The summed E-state index contributed by atoms with van der Waals surface area (Å²) in [6.07, 6.45) is 1.42. The van der Waals surface area contributed by atoms with Crippen LogP contribution in [0.2, 0.25) is 0 Å². The third-order valence-electron chi connectivity index (χ3n) is 0.455. The van der Waals surface area contributed by atoms with Crippen molar-refractivity contribution < 1.29 is 9.59 Å². The second-order valence-electron chi connectivity index (χ2n) is 0.992. The van der Waals surface area contributed by atoms with E-state index in [1.165, 1.54) is 0 Å². The van der Waals surface area contributed by atoms with Gasteiger partial charge >= 0.3 is 0 Å². The van der Waals surface area contributed by atoms with E-state index in [-0.39, 0.29) is 13.1 Å². The van der Waals surface area contributed by atoms with Crippen LogP contribution in [0.4, 0.5) is 0 Å². The van der Waals surface area contributed by atoms with Crippen molar-refractivity contribution >= 4 is 12.6 Å². The van der Waals surface area contributed by atoms with Gasteiger partial charge in [0, 0.05) is 0 Å². The third-order valence-corrected chi connectivity index (χ3v) is 0.455. The second kappa shape index (κ2) is 5.30. The van der Waals surface area contributed by atoms with E-state index in [1.54, 1.807) is 0 Å². The molecular formula is C4H7NO2. The minimum atomic E-state index is 0.263. The molecule has 0 unspecified atom stereocenters. The molecule has 0 saturated heterocycles. The third kappa shape index (κ3) is 5.30. The summed E-state index contributed by atoms with van der Waals surface area (Å²) in [6, 6.07) is 0. The normalized spacial score (nSPS) is 8.00. The molecule has 0 radical (unpaired) electrons. The molecule has 3 nitrogen and oxygen atoms in total. The lowest BCUT2D eigenvalue weighted by Crippen LogP contribution is -2.17. The molecule has 0 aliphatic heterocycles. The summed E-state index contributed by atoms with van der Waals surface area (Å²) >= 11 is 0. The van der Waals surface area contributed by atoms with Gasteiger partial charge in [-0.3, -0.25) is 0 Å². The molecule has 0 aromatic rings. The molecule has 0 aliphatic rings. The largest absolute Gasteiger partial charge is 0.304 e. The molecule has 0 bridgehead atoms. The number of carbonyl (C=O) groups excluding carboxylic acids is 2. The lowest BCUT2D eigenvalue weighted by atomic mass is 10.6. The van der Waals surface area contributed by atoms with E-state index < -0.39 is 0 Å². The highest BCUT2D eigenvalue weighted by Crippen LogP contribution is 1.44. The Bertz CT molecular complexity index is 54.7. The maximum Gasteiger partial charge on any atom is 0.133 e. The van der Waals surface area contributed by atoms with Crippen LogP contribution in [0.5, 0.6) is 0 Å². The van der Waals surface area contributed by atoms with Crippen molar-refractivity contribution in [2.45, 2.75) is 0 Å². The molecule has 0 amide bonds. The molecule has 0 heterocycles. The number of rotatable bonds is 4. The topological polar surface area (TPSA) is 46.2 Å². The highest BCUT2D eigenvalue weighted by Gasteiger charge is 1.76. The van der Waals surface area contributed by atoms with E-state index >= 15 is 0 Å². The summed E-state index contributed by atoms with van der Waals surface area (Å²) in [4.78, 5) is 19.0. The van der Waals surface area contributed by atoms with Crippen molar-refractivity contribution in [3.8, 4) is 0 Å². The van der Waals surface area contributed by atoms with E-state index in [1.807, 2.05) is 0 Å². The molecule has 3 heteroatoms. The molecule has 0 spiro atoms. The first kappa shape index (κ1) is 6.30. The first-order chi connectivity index (χ1) is 3.41. The molecule has 0 atom stereocenters. The van der Waals surface area contributed by atoms with Crippen LogP contribution in [0.15, 0.2) is 0 Å². The highest BCUT2D eigenvalue weighted by molar-refractivity contribution is 5.55. The standard InChI is InChI=1S/C4H7NO2/c6-3-1-5-2-4-7/h3-5H,1-2H2. The van der Waals surface area contributed by atoms with Crippen LogP contribution >= 0.6 is 0 Å². The molecule has 40 valence electrons. The fourth-order valence-electron chi connectivity index (χ4n) is 0.201. The van der Waals surface area contributed by atoms with Crippen LogP contribution in [0.3, 0.4) is 0 Å². The average molecular weight is 101 g/mol. The van der Waals surface area contributed by atoms with Crippen LogP contribution in [0, 0.1) is 0 Å². The molecule has 0 rings (SSSR count). The first-order valence-electron chi connectivity index (χ1n) is 2.00. The fourth-order valence-corrected chi connectivity index (χ4v) is 0.201. The summed E-state index contributed by atoms with van der Waals surface area (Å²) in [6.45, 7) is 0.525. The van der Waals surface area contributed by atoms with E-state index in [4.69, 9.17) is 0 Å². The van der Waals surface area contributed by atoms with Gasteiger partial charge in [0.15, 0.2) is 0 Å². The van der Waals surface area contributed by atoms with Gasteiger partial charge in [0.05, 0.1) is 13.1 Å². The van der Waals surface area contributed by atoms with Gasteiger partial charge in [0.1, 0.15) is 12.6 Å². The van der Waals surface area contributed by atoms with Crippen LogP contribution in [-0.4, -0.2) is 25.7 Å². The second-order valence-corrected chi connectivity index (χ2v) is 0.992. The lowest BCUT2D eigenvalue weighted by molar-refractivity contribution is -0.108. The predicted molar refractivity (Wildman–Crippen MR) is 25.0 cm³/mol. The number of hydrogen-bond acceptors (Lipinski definition) is 3. The van der Waals surface area contributed by atoms with Gasteiger partial charge in [-0.05, 0) is 0 Å². The number of carbonyl (C=O) groups is 2. The Morgan fingerprint density at radius 3 is 1.86 bits per heavy atom. The predicted octanol–water partition coefficient (Wildman–Crippen LogP) is -1.03. The van der Waals surface area contributed by atoms with Gasteiger partial charge in [-0.15, -0.1) is 0 Å². The first-order valence-corrected chi connectivity index (χ1v) is 2.00. The van der Waals surface area contributed by atoms with Gasteiger partial charge in [-0.1, -0.05) is 0 Å². The lowest BCUT2D eigenvalue weighted by Gasteiger charge is -1.85. The molecule has 0 aliphatic carbocycles. The van der Waals surface area contributed by atoms with Crippen LogP contribution in [0.25, 0.3) is 0 Å². The minimum absolute atomic E-state index is 0.263. The number of hydrogen-bond donors (Lipinski definition) is 1. The number of aldehydes is 2. The molecule has 0 aromatic heterocycles. The Hall–Kier alpha value is -0.700. The maximum absolute atomic E-state index is 9.50. The molecular weight excluding hydrogens is 94.0 g/mol. The van der Waals surface area contributed by atoms with Gasteiger partial charge in [-0.25, -0.2) is 0 Å². The highest BCUT2D eigenvalue weighted by atomic mass is 16.1. The Morgan fingerprint density at radius 2 is 1.57 bits per heavy atom. The summed E-state index contributed by atoms with van der Waals surface area (Å²) in [5.41, 5.74) is 0. The SMILES string of the molecule is O=CCNCC=O. The van der Waals surface area contributed by atoms with Crippen molar-refractivity contribution in [3.63, 3.8) is 0 Å². The van der Waals surface area contributed by atoms with Gasteiger partial charge in [0.2, 0.25) is 0 Å². The number of nitrogens with one attached hydrogen (secondary N) is 1. The van der Waals surface area contributed by atoms with Crippen molar-refractivity contribution in [2.75, 3.05) is 13.1 Å².